The van der Waals surface area contributed by atoms with Crippen molar-refractivity contribution in [3.05, 3.63) is 72.2 Å². The van der Waals surface area contributed by atoms with Crippen LogP contribution in [0.2, 0.25) is 25.7 Å². The smallest absolute Gasteiger partial charge is 0.411 e. The Labute approximate surface area is 237 Å². The molecule has 2 aromatic heterocycles. The highest BCUT2D eigenvalue weighted by atomic mass is 28.3. The van der Waals surface area contributed by atoms with Gasteiger partial charge >= 0.3 is 6.09 Å². The van der Waals surface area contributed by atoms with Crippen molar-refractivity contribution in [3.63, 3.8) is 0 Å². The molecule has 2 aliphatic heterocycles. The van der Waals surface area contributed by atoms with E-state index in [-0.39, 0.29) is 12.6 Å². The van der Waals surface area contributed by atoms with Gasteiger partial charge in [-0.3, -0.25) is 9.99 Å². The monoisotopic (exact) mass is 564 g/mol. The first-order valence-electron chi connectivity index (χ1n) is 13.9. The number of nitrogens with one attached hydrogen (secondary N) is 1. The minimum atomic E-state index is -1.14. The van der Waals surface area contributed by atoms with Gasteiger partial charge in [0, 0.05) is 45.2 Å². The summed E-state index contributed by atoms with van der Waals surface area (Å²) in [5.41, 5.74) is 3.53. The molecule has 0 bridgehead atoms. The number of aromatic nitrogens is 3. The molecule has 11 heteroatoms. The van der Waals surface area contributed by atoms with Crippen molar-refractivity contribution < 1.29 is 19.0 Å². The van der Waals surface area contributed by atoms with E-state index in [0.29, 0.717) is 26.5 Å². The Morgan fingerprint density at radius 1 is 1.18 bits per heavy atom. The number of morpholine rings is 1. The Kier molecular flexibility index (Phi) is 8.62. The van der Waals surface area contributed by atoms with E-state index in [4.69, 9.17) is 19.3 Å². The second kappa shape index (κ2) is 12.3. The van der Waals surface area contributed by atoms with Crippen molar-refractivity contribution in [2.45, 2.75) is 52.0 Å². The minimum absolute atomic E-state index is 0.211. The summed E-state index contributed by atoms with van der Waals surface area (Å²) < 4.78 is 21.0. The highest BCUT2D eigenvalue weighted by Crippen LogP contribution is 2.36. The van der Waals surface area contributed by atoms with E-state index < -0.39 is 14.2 Å². The Balaban J connectivity index is 1.32. The largest absolute Gasteiger partial charge is 0.444 e. The number of hydrogen-bond donors (Lipinski definition) is 1. The van der Waals surface area contributed by atoms with Gasteiger partial charge in [0.2, 0.25) is 0 Å². The summed E-state index contributed by atoms with van der Waals surface area (Å²) in [6, 6.07) is 13.0. The minimum Gasteiger partial charge on any atom is -0.444 e. The molecule has 4 heterocycles. The van der Waals surface area contributed by atoms with E-state index >= 15 is 0 Å². The van der Waals surface area contributed by atoms with Crippen LogP contribution >= 0.6 is 0 Å². The number of anilines is 2. The summed E-state index contributed by atoms with van der Waals surface area (Å²) >= 11 is 0. The molecule has 0 saturated carbocycles. The molecule has 1 amide bonds. The number of ether oxygens (including phenoxy) is 3. The van der Waals surface area contributed by atoms with Crippen LogP contribution in [0, 0.1) is 0 Å². The lowest BCUT2D eigenvalue weighted by Crippen LogP contribution is -2.49. The average molecular weight is 565 g/mol. The van der Waals surface area contributed by atoms with Crippen molar-refractivity contribution in [2.24, 2.45) is 0 Å². The summed E-state index contributed by atoms with van der Waals surface area (Å²) in [7, 11) is -1.14. The third kappa shape index (κ3) is 6.96. The zero-order chi connectivity index (χ0) is 28.1. The van der Waals surface area contributed by atoms with Crippen molar-refractivity contribution >= 4 is 31.4 Å². The maximum absolute atomic E-state index is 12.7. The van der Waals surface area contributed by atoms with Crippen molar-refractivity contribution in [2.75, 3.05) is 42.8 Å². The van der Waals surface area contributed by atoms with Gasteiger partial charge in [-0.2, -0.15) is 5.10 Å². The predicted octanol–water partition coefficient (Wildman–Crippen LogP) is 4.77. The van der Waals surface area contributed by atoms with Crippen LogP contribution in [-0.4, -0.2) is 67.6 Å². The second-order valence-electron chi connectivity index (χ2n) is 11.5. The molecule has 40 heavy (non-hydrogen) atoms. The van der Waals surface area contributed by atoms with E-state index in [1.807, 2.05) is 53.4 Å². The van der Waals surface area contributed by atoms with Crippen molar-refractivity contribution in [1.82, 2.24) is 19.8 Å². The molecular weight excluding hydrogens is 524 g/mol. The Hall–Kier alpha value is -3.54. The van der Waals surface area contributed by atoms with Gasteiger partial charge < -0.3 is 24.1 Å². The molecule has 10 nitrogen and oxygen atoms in total. The molecular formula is C29H40N6O4Si. The predicted molar refractivity (Wildman–Crippen MR) is 159 cm³/mol. The molecule has 214 valence electrons. The number of amides is 1. The van der Waals surface area contributed by atoms with E-state index in [9.17, 15) is 4.79 Å². The first kappa shape index (κ1) is 28.0. The van der Waals surface area contributed by atoms with Crippen LogP contribution in [0.5, 0.6) is 0 Å². The number of nitrogens with zero attached hydrogens (tertiary/aromatic N) is 5. The number of carbonyl (C=O) groups excluding carboxylic acids is 1. The van der Waals surface area contributed by atoms with E-state index in [2.05, 4.69) is 58.9 Å². The molecule has 1 N–H and O–H groups in total. The average Bonchev–Trinajstić information content (AvgIpc) is 3.59. The molecule has 0 spiro atoms. The standard InChI is InChI=1S/C29H40N6O4Si/c1-23-20-37-15-14-35(23)33-18-25-26(30-29(36)39-21-24-8-6-5-7-9-24)10-13-34(27(25)19-33)28-11-12-32(31-28)22-38-16-17-40(2,3)4/h5-12,18-19,23H,13-17,20-22H2,1-4H3,(H,30,36)/t23-/m1/s1. The Bertz CT molecular complexity index is 1320. The summed E-state index contributed by atoms with van der Waals surface area (Å²) in [4.78, 5) is 14.9. The number of carbonyl (C=O) groups is 1. The molecule has 1 fully saturated rings. The highest BCUT2D eigenvalue weighted by Gasteiger charge is 2.28. The quantitative estimate of drug-likeness (QED) is 0.280. The second-order valence-corrected chi connectivity index (χ2v) is 17.1. The van der Waals surface area contributed by atoms with E-state index in [1.54, 1.807) is 0 Å². The van der Waals surface area contributed by atoms with Crippen molar-refractivity contribution in [1.29, 1.82) is 0 Å². The maximum atomic E-state index is 12.7. The van der Waals surface area contributed by atoms with Crippen LogP contribution in [0.3, 0.4) is 0 Å². The molecule has 1 saturated heterocycles. The third-order valence-electron chi connectivity index (χ3n) is 7.05. The topological polar surface area (TPSA) is 86.0 Å². The molecule has 5 rings (SSSR count). The number of fused-ring (bicyclic) bond motifs is 1. The lowest BCUT2D eigenvalue weighted by atomic mass is 10.1. The van der Waals surface area contributed by atoms with Gasteiger partial charge in [-0.15, -0.1) is 0 Å². The summed E-state index contributed by atoms with van der Waals surface area (Å²) in [6.07, 6.45) is 7.63. The van der Waals surface area contributed by atoms with Crippen LogP contribution in [0.25, 0.3) is 5.70 Å². The van der Waals surface area contributed by atoms with Gasteiger partial charge in [0.1, 0.15) is 13.3 Å². The van der Waals surface area contributed by atoms with Gasteiger partial charge in [-0.05, 0) is 24.6 Å². The normalized spacial score (nSPS) is 17.4. The number of rotatable bonds is 10. The lowest BCUT2D eigenvalue weighted by molar-refractivity contribution is 0.0787. The Morgan fingerprint density at radius 2 is 2.00 bits per heavy atom. The molecule has 0 radical (unpaired) electrons. The highest BCUT2D eigenvalue weighted by molar-refractivity contribution is 6.76. The first-order valence-corrected chi connectivity index (χ1v) is 17.6. The number of alkyl carbamates (subject to hydrolysis) is 1. The molecule has 1 atom stereocenters. The van der Waals surface area contributed by atoms with Gasteiger partial charge in [0.05, 0.1) is 43.4 Å². The molecule has 0 unspecified atom stereocenters. The SMILES string of the molecule is C[C@@H]1COCCN1n1cc2c(c1)N(c1ccn(COCC[Si](C)(C)C)n1)CC=C2NC(=O)OCc1ccccc1. The van der Waals surface area contributed by atoms with E-state index in [1.165, 1.54) is 0 Å². The maximum Gasteiger partial charge on any atom is 0.411 e. The van der Waals surface area contributed by atoms with E-state index in [0.717, 1.165) is 47.5 Å². The third-order valence-corrected chi connectivity index (χ3v) is 8.76. The van der Waals surface area contributed by atoms with Crippen LogP contribution in [0.1, 0.15) is 18.1 Å². The summed E-state index contributed by atoms with van der Waals surface area (Å²) in [5.74, 6) is 0.824. The van der Waals surface area contributed by atoms with Crippen LogP contribution in [0.4, 0.5) is 16.3 Å². The van der Waals surface area contributed by atoms with Gasteiger partial charge in [-0.25, -0.2) is 9.48 Å². The molecule has 1 aromatic carbocycles. The number of hydrogen-bond acceptors (Lipinski definition) is 7. The molecule has 3 aromatic rings. The van der Waals surface area contributed by atoms with Crippen molar-refractivity contribution in [3.8, 4) is 0 Å². The van der Waals surface area contributed by atoms with Gasteiger partial charge in [0.15, 0.2) is 5.82 Å². The lowest BCUT2D eigenvalue weighted by Gasteiger charge is -2.35. The Morgan fingerprint density at radius 3 is 2.77 bits per heavy atom. The fraction of sp³-hybridized carbons (Fsp3) is 0.448. The molecule has 0 aliphatic carbocycles. The van der Waals surface area contributed by atoms with Crippen LogP contribution < -0.4 is 15.2 Å². The zero-order valence-corrected chi connectivity index (χ0v) is 24.9. The van der Waals surface area contributed by atoms with Gasteiger partial charge in [-0.1, -0.05) is 50.0 Å². The zero-order valence-electron chi connectivity index (χ0n) is 23.9. The van der Waals surface area contributed by atoms with Gasteiger partial charge in [0.25, 0.3) is 0 Å². The first-order chi connectivity index (χ1) is 19.3. The van der Waals surface area contributed by atoms with Crippen LogP contribution in [-0.2, 0) is 27.5 Å². The summed E-state index contributed by atoms with van der Waals surface area (Å²) in [5, 5.41) is 10.0. The molecule has 2 aliphatic rings. The van der Waals surface area contributed by atoms with Crippen LogP contribution in [0.15, 0.2) is 61.1 Å². The fourth-order valence-electron chi connectivity index (χ4n) is 4.76. The summed E-state index contributed by atoms with van der Waals surface area (Å²) in [6.45, 7) is 13.2. The number of benzene rings is 1. The fourth-order valence-corrected chi connectivity index (χ4v) is 5.52.